The van der Waals surface area contributed by atoms with Crippen LogP contribution in [0.4, 0.5) is 5.69 Å². The lowest BCUT2D eigenvalue weighted by molar-refractivity contribution is -0.385. The van der Waals surface area contributed by atoms with Crippen LogP contribution in [0, 0.1) is 17.0 Å². The largest absolute Gasteiger partial charge is 0.318 e. The molecule has 0 fully saturated rings. The van der Waals surface area contributed by atoms with Crippen LogP contribution in [0.3, 0.4) is 0 Å². The molecule has 114 valence electrons. The Morgan fingerprint density at radius 3 is 2.50 bits per heavy atom. The summed E-state index contributed by atoms with van der Waals surface area (Å²) in [5, 5.41) is 13.7. The number of halogens is 1. The molecule has 1 rings (SSSR count). The van der Waals surface area contributed by atoms with Crippen LogP contribution in [-0.2, 0) is 10.0 Å². The van der Waals surface area contributed by atoms with Crippen LogP contribution in [0.1, 0.15) is 5.56 Å². The molecule has 0 aromatic heterocycles. The molecule has 0 heterocycles. The normalized spacial score (nSPS) is 11.2. The van der Waals surface area contributed by atoms with Gasteiger partial charge in [-0.3, -0.25) is 10.1 Å². The molecule has 1 aromatic carbocycles. The standard InChI is InChI=1S/C11H17N3O4S.ClH/c1-9-4-5-10(8-11(9)14(15)16)19(17,18)13(3)7-6-12-2;/h4-5,8,12H,6-7H2,1-3H3;1H. The second-order valence-corrected chi connectivity index (χ2v) is 6.18. The van der Waals surface area contributed by atoms with Crippen molar-refractivity contribution in [2.75, 3.05) is 27.2 Å². The van der Waals surface area contributed by atoms with Crippen LogP contribution in [0.25, 0.3) is 0 Å². The fourth-order valence-electron chi connectivity index (χ4n) is 1.52. The summed E-state index contributed by atoms with van der Waals surface area (Å²) in [5.41, 5.74) is 0.241. The van der Waals surface area contributed by atoms with Crippen molar-refractivity contribution in [3.8, 4) is 0 Å². The first-order chi connectivity index (χ1) is 8.80. The first kappa shape index (κ1) is 18.8. The third-order valence-electron chi connectivity index (χ3n) is 2.76. The molecule has 9 heteroatoms. The van der Waals surface area contributed by atoms with Gasteiger partial charge in [0.2, 0.25) is 10.0 Å². The Balaban J connectivity index is 0.00000361. The third-order valence-corrected chi connectivity index (χ3v) is 4.62. The number of hydrogen-bond acceptors (Lipinski definition) is 5. The lowest BCUT2D eigenvalue weighted by Gasteiger charge is -2.17. The Morgan fingerprint density at radius 2 is 2.00 bits per heavy atom. The second kappa shape index (κ2) is 7.53. The van der Waals surface area contributed by atoms with E-state index < -0.39 is 14.9 Å². The fourth-order valence-corrected chi connectivity index (χ4v) is 2.71. The van der Waals surface area contributed by atoms with E-state index in [4.69, 9.17) is 0 Å². The first-order valence-electron chi connectivity index (χ1n) is 5.66. The van der Waals surface area contributed by atoms with Gasteiger partial charge < -0.3 is 5.32 Å². The zero-order valence-corrected chi connectivity index (χ0v) is 13.1. The summed E-state index contributed by atoms with van der Waals surface area (Å²) in [4.78, 5) is 10.2. The van der Waals surface area contributed by atoms with Crippen LogP contribution in [0.2, 0.25) is 0 Å². The van der Waals surface area contributed by atoms with Crippen molar-refractivity contribution in [1.29, 1.82) is 0 Å². The lowest BCUT2D eigenvalue weighted by atomic mass is 10.2. The van der Waals surface area contributed by atoms with E-state index in [9.17, 15) is 18.5 Å². The van der Waals surface area contributed by atoms with E-state index in [1.807, 2.05) is 0 Å². The van der Waals surface area contributed by atoms with Crippen molar-refractivity contribution in [3.05, 3.63) is 33.9 Å². The molecule has 0 amide bonds. The monoisotopic (exact) mass is 323 g/mol. The molecule has 0 saturated carbocycles. The average molecular weight is 324 g/mol. The van der Waals surface area contributed by atoms with Crippen molar-refractivity contribution in [2.24, 2.45) is 0 Å². The highest BCUT2D eigenvalue weighted by atomic mass is 35.5. The minimum absolute atomic E-state index is 0. The maximum atomic E-state index is 12.2. The van der Waals surface area contributed by atoms with E-state index >= 15 is 0 Å². The maximum Gasteiger partial charge on any atom is 0.273 e. The zero-order chi connectivity index (χ0) is 14.6. The van der Waals surface area contributed by atoms with Crippen LogP contribution in [-0.4, -0.2) is 44.8 Å². The topological polar surface area (TPSA) is 92.6 Å². The second-order valence-electron chi connectivity index (χ2n) is 4.14. The lowest BCUT2D eigenvalue weighted by Crippen LogP contribution is -2.32. The molecule has 0 spiro atoms. The molecule has 1 N–H and O–H groups in total. The third kappa shape index (κ3) is 4.14. The Hall–Kier alpha value is -1.22. The van der Waals surface area contributed by atoms with Gasteiger partial charge in [-0.05, 0) is 20.0 Å². The van der Waals surface area contributed by atoms with Gasteiger partial charge in [-0.25, -0.2) is 8.42 Å². The molecular formula is C11H18ClN3O4S. The van der Waals surface area contributed by atoms with Crippen molar-refractivity contribution >= 4 is 28.1 Å². The molecule has 0 atom stereocenters. The SMILES string of the molecule is CNCCN(C)S(=O)(=O)c1ccc(C)c([N+](=O)[O-])c1.Cl. The number of nitrogens with one attached hydrogen (secondary N) is 1. The molecule has 7 nitrogen and oxygen atoms in total. The van der Waals surface area contributed by atoms with Crippen LogP contribution < -0.4 is 5.32 Å². The number of likely N-dealkylation sites (N-methyl/N-ethyl adjacent to an activating group) is 2. The summed E-state index contributed by atoms with van der Waals surface area (Å²) in [7, 11) is -0.533. The molecule has 1 aromatic rings. The summed E-state index contributed by atoms with van der Waals surface area (Å²) < 4.78 is 25.6. The van der Waals surface area contributed by atoms with E-state index in [1.54, 1.807) is 14.0 Å². The smallest absolute Gasteiger partial charge is 0.273 e. The van der Waals surface area contributed by atoms with Crippen LogP contribution in [0.5, 0.6) is 0 Å². The highest BCUT2D eigenvalue weighted by molar-refractivity contribution is 7.89. The highest BCUT2D eigenvalue weighted by Crippen LogP contribution is 2.23. The summed E-state index contributed by atoms with van der Waals surface area (Å²) in [5.74, 6) is 0. The van der Waals surface area contributed by atoms with E-state index in [0.29, 0.717) is 18.7 Å². The van der Waals surface area contributed by atoms with Crippen LogP contribution in [0.15, 0.2) is 23.1 Å². The maximum absolute atomic E-state index is 12.2. The Bertz CT molecular complexity index is 577. The van der Waals surface area contributed by atoms with Gasteiger partial charge in [-0.2, -0.15) is 4.31 Å². The molecule has 0 aliphatic heterocycles. The summed E-state index contributed by atoms with van der Waals surface area (Å²) in [6.45, 7) is 2.36. The zero-order valence-electron chi connectivity index (χ0n) is 11.5. The highest BCUT2D eigenvalue weighted by Gasteiger charge is 2.23. The number of nitrogens with zero attached hydrogens (tertiary/aromatic N) is 2. The van der Waals surface area contributed by atoms with E-state index in [0.717, 1.165) is 10.4 Å². The summed E-state index contributed by atoms with van der Waals surface area (Å²) in [6, 6.07) is 3.92. The quantitative estimate of drug-likeness (QED) is 0.626. The van der Waals surface area contributed by atoms with Gasteiger partial charge >= 0.3 is 0 Å². The predicted molar refractivity (Wildman–Crippen MR) is 78.8 cm³/mol. The number of nitro groups is 1. The van der Waals surface area contributed by atoms with Gasteiger partial charge in [0.15, 0.2) is 0 Å². The molecule has 0 radical (unpaired) electrons. The Morgan fingerprint density at radius 1 is 1.40 bits per heavy atom. The number of sulfonamides is 1. The van der Waals surface area contributed by atoms with Crippen molar-refractivity contribution in [3.63, 3.8) is 0 Å². The molecule has 0 aliphatic rings. The van der Waals surface area contributed by atoms with Gasteiger partial charge in [0.25, 0.3) is 5.69 Å². The first-order valence-corrected chi connectivity index (χ1v) is 7.10. The van der Waals surface area contributed by atoms with Gasteiger partial charge in [-0.1, -0.05) is 6.07 Å². The minimum Gasteiger partial charge on any atom is -0.318 e. The number of nitro benzene ring substituents is 1. The molecular weight excluding hydrogens is 306 g/mol. The molecule has 0 saturated heterocycles. The molecule has 20 heavy (non-hydrogen) atoms. The number of aryl methyl sites for hydroxylation is 1. The average Bonchev–Trinajstić information content (AvgIpc) is 2.35. The summed E-state index contributed by atoms with van der Waals surface area (Å²) >= 11 is 0. The van der Waals surface area contributed by atoms with E-state index in [-0.39, 0.29) is 23.0 Å². The van der Waals surface area contributed by atoms with E-state index in [1.165, 1.54) is 19.2 Å². The van der Waals surface area contributed by atoms with Gasteiger partial charge in [0, 0.05) is 31.8 Å². The van der Waals surface area contributed by atoms with Crippen molar-refractivity contribution in [2.45, 2.75) is 11.8 Å². The minimum atomic E-state index is -3.70. The number of benzene rings is 1. The molecule has 0 aliphatic carbocycles. The van der Waals surface area contributed by atoms with Crippen LogP contribution >= 0.6 is 12.4 Å². The van der Waals surface area contributed by atoms with Crippen molar-refractivity contribution < 1.29 is 13.3 Å². The van der Waals surface area contributed by atoms with Gasteiger partial charge in [0.05, 0.1) is 9.82 Å². The van der Waals surface area contributed by atoms with Crippen molar-refractivity contribution in [1.82, 2.24) is 9.62 Å². The Kier molecular flexibility index (Phi) is 7.07. The Labute approximate surface area is 124 Å². The molecule has 0 bridgehead atoms. The summed E-state index contributed by atoms with van der Waals surface area (Å²) in [6.07, 6.45) is 0. The number of hydrogen-bond donors (Lipinski definition) is 1. The molecule has 0 unspecified atom stereocenters. The van der Waals surface area contributed by atoms with E-state index in [2.05, 4.69) is 5.32 Å². The van der Waals surface area contributed by atoms with Gasteiger partial charge in [-0.15, -0.1) is 12.4 Å². The number of rotatable bonds is 6. The predicted octanol–water partition coefficient (Wildman–Crippen LogP) is 1.16. The fraction of sp³-hybridized carbons (Fsp3) is 0.455. The van der Waals surface area contributed by atoms with Gasteiger partial charge in [0.1, 0.15) is 0 Å².